The maximum Gasteiger partial charge on any atom is 0.328 e. The Labute approximate surface area is 175 Å². The average molecular weight is 404 g/mol. The maximum absolute atomic E-state index is 13.3. The molecule has 2 aromatic carbocycles. The molecule has 2 heterocycles. The van der Waals surface area contributed by atoms with Crippen LogP contribution in [-0.2, 0) is 24.3 Å². The van der Waals surface area contributed by atoms with Gasteiger partial charge < -0.3 is 9.42 Å². The molecule has 7 nitrogen and oxygen atoms in total. The summed E-state index contributed by atoms with van der Waals surface area (Å²) in [4.78, 5) is 33.7. The predicted octanol–water partition coefficient (Wildman–Crippen LogP) is 3.97. The van der Waals surface area contributed by atoms with Crippen LogP contribution in [0, 0.1) is 5.92 Å². The zero-order chi connectivity index (χ0) is 21.1. The summed E-state index contributed by atoms with van der Waals surface area (Å²) in [5.41, 5.74) is 1.73. The van der Waals surface area contributed by atoms with E-state index < -0.39 is 6.04 Å². The van der Waals surface area contributed by atoms with Crippen molar-refractivity contribution < 1.29 is 14.1 Å². The van der Waals surface area contributed by atoms with Gasteiger partial charge in [0.2, 0.25) is 5.89 Å². The lowest BCUT2D eigenvalue weighted by molar-refractivity contribution is -0.129. The summed E-state index contributed by atoms with van der Waals surface area (Å²) in [5.74, 6) is 0.945. The van der Waals surface area contributed by atoms with E-state index in [1.165, 1.54) is 4.90 Å². The lowest BCUT2D eigenvalue weighted by Crippen LogP contribution is -2.32. The van der Waals surface area contributed by atoms with Gasteiger partial charge in [0.05, 0.1) is 0 Å². The van der Waals surface area contributed by atoms with Crippen molar-refractivity contribution in [3.63, 3.8) is 0 Å². The first-order valence-electron chi connectivity index (χ1n) is 10.0. The van der Waals surface area contributed by atoms with Crippen LogP contribution in [0.4, 0.5) is 4.79 Å². The minimum atomic E-state index is -0.683. The van der Waals surface area contributed by atoms with Crippen molar-refractivity contribution in [1.29, 1.82) is 0 Å². The van der Waals surface area contributed by atoms with Gasteiger partial charge in [0.25, 0.3) is 5.91 Å². The number of urea groups is 1. The first-order chi connectivity index (χ1) is 14.5. The van der Waals surface area contributed by atoms with E-state index in [0.717, 1.165) is 11.1 Å². The van der Waals surface area contributed by atoms with Gasteiger partial charge in [0.1, 0.15) is 12.6 Å². The minimum Gasteiger partial charge on any atom is -0.337 e. The largest absolute Gasteiger partial charge is 0.337 e. The molecular formula is C23H24N4O3. The summed E-state index contributed by atoms with van der Waals surface area (Å²) < 4.78 is 5.29. The number of rotatable bonds is 7. The number of amides is 3. The highest BCUT2D eigenvalue weighted by molar-refractivity contribution is 6.04. The molecule has 3 amide bonds. The minimum absolute atomic E-state index is 0.0304. The van der Waals surface area contributed by atoms with Crippen molar-refractivity contribution in [2.24, 2.45) is 5.92 Å². The van der Waals surface area contributed by atoms with Crippen LogP contribution in [0.1, 0.15) is 42.7 Å². The van der Waals surface area contributed by atoms with E-state index in [9.17, 15) is 9.59 Å². The van der Waals surface area contributed by atoms with E-state index in [2.05, 4.69) is 24.0 Å². The van der Waals surface area contributed by atoms with Crippen LogP contribution in [0.2, 0.25) is 0 Å². The first-order valence-corrected chi connectivity index (χ1v) is 10.0. The fraction of sp³-hybridized carbons (Fsp3) is 0.304. The van der Waals surface area contributed by atoms with Crippen molar-refractivity contribution in [1.82, 2.24) is 19.9 Å². The average Bonchev–Trinajstić information content (AvgIpc) is 3.27. The Bertz CT molecular complexity index is 1020. The van der Waals surface area contributed by atoms with Crippen molar-refractivity contribution in [2.75, 3.05) is 0 Å². The van der Waals surface area contributed by atoms with Gasteiger partial charge in [0, 0.05) is 13.0 Å². The summed E-state index contributed by atoms with van der Waals surface area (Å²) in [5, 5.41) is 3.96. The van der Waals surface area contributed by atoms with Crippen LogP contribution < -0.4 is 0 Å². The summed E-state index contributed by atoms with van der Waals surface area (Å²) in [7, 11) is 0. The van der Waals surface area contributed by atoms with Gasteiger partial charge in [0.15, 0.2) is 5.82 Å². The van der Waals surface area contributed by atoms with Crippen LogP contribution >= 0.6 is 0 Å². The molecule has 0 aliphatic carbocycles. The number of carbonyl (C=O) groups is 2. The van der Waals surface area contributed by atoms with Crippen molar-refractivity contribution >= 4 is 11.9 Å². The number of imide groups is 1. The number of carbonyl (C=O) groups excluding carboxylic acids is 2. The van der Waals surface area contributed by atoms with E-state index >= 15 is 0 Å². The van der Waals surface area contributed by atoms with Gasteiger partial charge in [-0.2, -0.15) is 4.98 Å². The third-order valence-electron chi connectivity index (χ3n) is 4.99. The Morgan fingerprint density at radius 1 is 0.967 bits per heavy atom. The molecule has 1 aliphatic heterocycles. The Kier molecular flexibility index (Phi) is 5.61. The van der Waals surface area contributed by atoms with Crippen LogP contribution in [-0.4, -0.2) is 31.9 Å². The van der Waals surface area contributed by atoms with Crippen LogP contribution in [0.3, 0.4) is 0 Å². The van der Waals surface area contributed by atoms with Crippen LogP contribution in [0.5, 0.6) is 0 Å². The summed E-state index contributed by atoms with van der Waals surface area (Å²) in [6.07, 6.45) is 0.679. The molecule has 30 heavy (non-hydrogen) atoms. The van der Waals surface area contributed by atoms with E-state index in [1.807, 2.05) is 60.7 Å². The second-order valence-electron chi connectivity index (χ2n) is 7.84. The standard InChI is InChI=1S/C23H24N4O3/c1-16(2)13-19-24-20(30-25-19)15-27-22(28)21(18-11-7-4-8-12-18)26(23(27)29)14-17-9-5-3-6-10-17/h3-12,16,21H,13-15H2,1-2H3/t21-/m0/s1. The Balaban J connectivity index is 1.61. The molecular weight excluding hydrogens is 380 g/mol. The molecule has 0 unspecified atom stereocenters. The smallest absolute Gasteiger partial charge is 0.328 e. The maximum atomic E-state index is 13.3. The fourth-order valence-electron chi connectivity index (χ4n) is 3.62. The first kappa shape index (κ1) is 19.8. The molecule has 0 radical (unpaired) electrons. The molecule has 0 bridgehead atoms. The molecule has 4 rings (SSSR count). The summed E-state index contributed by atoms with van der Waals surface area (Å²) in [6.45, 7) is 4.44. The lowest BCUT2D eigenvalue weighted by Gasteiger charge is -2.22. The van der Waals surface area contributed by atoms with Crippen LogP contribution in [0.25, 0.3) is 0 Å². The van der Waals surface area contributed by atoms with Gasteiger partial charge in [-0.05, 0) is 17.0 Å². The van der Waals surface area contributed by atoms with Gasteiger partial charge in [-0.25, -0.2) is 4.79 Å². The lowest BCUT2D eigenvalue weighted by atomic mass is 10.1. The number of benzene rings is 2. The Hall–Kier alpha value is -3.48. The molecule has 3 aromatic rings. The van der Waals surface area contributed by atoms with E-state index in [4.69, 9.17) is 4.52 Å². The summed E-state index contributed by atoms with van der Waals surface area (Å²) in [6, 6.07) is 18.0. The molecule has 154 valence electrons. The number of nitrogens with zero attached hydrogens (tertiary/aromatic N) is 4. The zero-order valence-electron chi connectivity index (χ0n) is 17.1. The van der Waals surface area contributed by atoms with E-state index in [-0.39, 0.29) is 24.4 Å². The second-order valence-corrected chi connectivity index (χ2v) is 7.84. The fourth-order valence-corrected chi connectivity index (χ4v) is 3.62. The predicted molar refractivity (Wildman–Crippen MR) is 110 cm³/mol. The zero-order valence-corrected chi connectivity index (χ0v) is 17.1. The molecule has 1 saturated heterocycles. The van der Waals surface area contributed by atoms with Gasteiger partial charge in [-0.3, -0.25) is 9.69 Å². The number of aromatic nitrogens is 2. The quantitative estimate of drug-likeness (QED) is 0.557. The van der Waals surface area contributed by atoms with Gasteiger partial charge in [-0.1, -0.05) is 79.7 Å². The summed E-state index contributed by atoms with van der Waals surface area (Å²) >= 11 is 0. The highest BCUT2D eigenvalue weighted by atomic mass is 16.5. The third kappa shape index (κ3) is 4.10. The second kappa shape index (κ2) is 8.49. The third-order valence-corrected chi connectivity index (χ3v) is 4.99. The molecule has 7 heteroatoms. The SMILES string of the molecule is CC(C)Cc1noc(CN2C(=O)[C@H](c3ccccc3)N(Cc3ccccc3)C2=O)n1. The Morgan fingerprint density at radius 3 is 2.30 bits per heavy atom. The van der Waals surface area contributed by atoms with Crippen molar-refractivity contribution in [3.05, 3.63) is 83.5 Å². The van der Waals surface area contributed by atoms with Crippen molar-refractivity contribution in [2.45, 2.75) is 39.4 Å². The van der Waals surface area contributed by atoms with Gasteiger partial charge >= 0.3 is 6.03 Å². The monoisotopic (exact) mass is 404 g/mol. The topological polar surface area (TPSA) is 79.5 Å². The number of hydrogen-bond donors (Lipinski definition) is 0. The molecule has 1 aliphatic rings. The molecule has 1 atom stereocenters. The molecule has 0 spiro atoms. The molecule has 1 aromatic heterocycles. The highest BCUT2D eigenvalue weighted by Crippen LogP contribution is 2.33. The van der Waals surface area contributed by atoms with E-state index in [0.29, 0.717) is 24.7 Å². The molecule has 1 fully saturated rings. The van der Waals surface area contributed by atoms with E-state index in [1.54, 1.807) is 4.90 Å². The number of hydrogen-bond acceptors (Lipinski definition) is 5. The van der Waals surface area contributed by atoms with Crippen molar-refractivity contribution in [3.8, 4) is 0 Å². The molecule has 0 saturated carbocycles. The van der Waals surface area contributed by atoms with Crippen LogP contribution in [0.15, 0.2) is 65.2 Å². The normalized spacial score (nSPS) is 16.7. The van der Waals surface area contributed by atoms with Gasteiger partial charge in [-0.15, -0.1) is 0 Å². The Morgan fingerprint density at radius 2 is 1.63 bits per heavy atom. The molecule has 0 N–H and O–H groups in total. The highest BCUT2D eigenvalue weighted by Gasteiger charge is 2.46.